The standard InChI is InChI=1S/C14H8ClF2N3O/c15-9-2-1-8(7-18)13(5-9)20-14(21)19-12-4-3-10(16)6-11(12)17/h1-6H,(H2,19,20,21). The Morgan fingerprint density at radius 2 is 1.81 bits per heavy atom. The Bertz CT molecular complexity index is 743. The van der Waals surface area contributed by atoms with E-state index in [9.17, 15) is 13.6 Å². The third-order valence-electron chi connectivity index (χ3n) is 2.53. The molecule has 0 aliphatic carbocycles. The van der Waals surface area contributed by atoms with Crippen molar-refractivity contribution < 1.29 is 13.6 Å². The largest absolute Gasteiger partial charge is 0.323 e. The number of hydrogen-bond acceptors (Lipinski definition) is 2. The molecule has 0 saturated carbocycles. The summed E-state index contributed by atoms with van der Waals surface area (Å²) < 4.78 is 26.2. The van der Waals surface area contributed by atoms with E-state index in [4.69, 9.17) is 16.9 Å². The lowest BCUT2D eigenvalue weighted by Gasteiger charge is -2.10. The fourth-order valence-electron chi connectivity index (χ4n) is 1.58. The Morgan fingerprint density at radius 1 is 1.10 bits per heavy atom. The predicted octanol–water partition coefficient (Wildman–Crippen LogP) is 4.13. The molecule has 0 aliphatic heterocycles. The van der Waals surface area contributed by atoms with Gasteiger partial charge in [-0.15, -0.1) is 0 Å². The van der Waals surface area contributed by atoms with Crippen LogP contribution in [-0.4, -0.2) is 6.03 Å². The van der Waals surface area contributed by atoms with Gasteiger partial charge >= 0.3 is 6.03 Å². The lowest BCUT2D eigenvalue weighted by molar-refractivity contribution is 0.262. The number of anilines is 2. The van der Waals surface area contributed by atoms with Crippen molar-refractivity contribution in [2.24, 2.45) is 0 Å². The minimum absolute atomic E-state index is 0.185. The number of nitriles is 1. The summed E-state index contributed by atoms with van der Waals surface area (Å²) in [6.07, 6.45) is 0. The second-order valence-electron chi connectivity index (χ2n) is 4.01. The monoisotopic (exact) mass is 307 g/mol. The molecule has 0 unspecified atom stereocenters. The van der Waals surface area contributed by atoms with E-state index < -0.39 is 17.7 Å². The van der Waals surface area contributed by atoms with Gasteiger partial charge in [-0.25, -0.2) is 13.6 Å². The Labute approximate surface area is 124 Å². The number of rotatable bonds is 2. The Balaban J connectivity index is 2.15. The van der Waals surface area contributed by atoms with Crippen molar-refractivity contribution in [3.63, 3.8) is 0 Å². The zero-order valence-corrected chi connectivity index (χ0v) is 11.2. The zero-order chi connectivity index (χ0) is 15.4. The number of urea groups is 1. The van der Waals surface area contributed by atoms with E-state index in [-0.39, 0.29) is 16.9 Å². The normalized spacial score (nSPS) is 9.81. The maximum absolute atomic E-state index is 13.4. The van der Waals surface area contributed by atoms with Crippen LogP contribution >= 0.6 is 11.6 Å². The van der Waals surface area contributed by atoms with Crippen LogP contribution in [0, 0.1) is 23.0 Å². The zero-order valence-electron chi connectivity index (χ0n) is 10.5. The van der Waals surface area contributed by atoms with Crippen LogP contribution in [0.1, 0.15) is 5.56 Å². The van der Waals surface area contributed by atoms with Gasteiger partial charge in [0.25, 0.3) is 0 Å². The molecule has 2 N–H and O–H groups in total. The third-order valence-corrected chi connectivity index (χ3v) is 2.76. The van der Waals surface area contributed by atoms with Crippen molar-refractivity contribution in [1.82, 2.24) is 0 Å². The first-order valence-electron chi connectivity index (χ1n) is 5.72. The number of amides is 2. The van der Waals surface area contributed by atoms with E-state index in [1.54, 1.807) is 0 Å². The molecule has 0 saturated heterocycles. The first-order valence-corrected chi connectivity index (χ1v) is 6.10. The fraction of sp³-hybridized carbons (Fsp3) is 0. The number of nitrogens with one attached hydrogen (secondary N) is 2. The molecule has 4 nitrogen and oxygen atoms in total. The number of hydrogen-bond donors (Lipinski definition) is 2. The van der Waals surface area contributed by atoms with Gasteiger partial charge in [-0.2, -0.15) is 5.26 Å². The number of halogens is 3. The average Bonchev–Trinajstić information content (AvgIpc) is 2.42. The van der Waals surface area contributed by atoms with Crippen LogP contribution in [0.15, 0.2) is 36.4 Å². The van der Waals surface area contributed by atoms with E-state index in [1.807, 2.05) is 6.07 Å². The molecule has 2 rings (SSSR count). The van der Waals surface area contributed by atoms with Gasteiger partial charge in [-0.05, 0) is 30.3 Å². The van der Waals surface area contributed by atoms with Crippen LogP contribution in [-0.2, 0) is 0 Å². The lowest BCUT2D eigenvalue weighted by atomic mass is 10.2. The van der Waals surface area contributed by atoms with Gasteiger partial charge in [0.15, 0.2) is 0 Å². The van der Waals surface area contributed by atoms with Gasteiger partial charge in [0.2, 0.25) is 0 Å². The summed E-state index contributed by atoms with van der Waals surface area (Å²) in [5.74, 6) is -1.66. The molecule has 0 fully saturated rings. The van der Waals surface area contributed by atoms with Crippen molar-refractivity contribution in [3.8, 4) is 6.07 Å². The van der Waals surface area contributed by atoms with Gasteiger partial charge in [-0.1, -0.05) is 11.6 Å². The molecule has 21 heavy (non-hydrogen) atoms. The minimum Gasteiger partial charge on any atom is -0.306 e. The smallest absolute Gasteiger partial charge is 0.306 e. The second kappa shape index (κ2) is 6.20. The molecule has 2 amide bonds. The molecule has 2 aromatic rings. The number of carbonyl (C=O) groups excluding carboxylic acids is 1. The van der Waals surface area contributed by atoms with E-state index >= 15 is 0 Å². The van der Waals surface area contributed by atoms with Crippen LogP contribution in [0.3, 0.4) is 0 Å². The summed E-state index contributed by atoms with van der Waals surface area (Å²) >= 11 is 5.78. The highest BCUT2D eigenvalue weighted by atomic mass is 35.5. The quantitative estimate of drug-likeness (QED) is 0.876. The molecule has 0 radical (unpaired) electrons. The predicted molar refractivity (Wildman–Crippen MR) is 75.2 cm³/mol. The van der Waals surface area contributed by atoms with Gasteiger partial charge in [0.1, 0.15) is 17.7 Å². The van der Waals surface area contributed by atoms with Gasteiger partial charge in [-0.3, -0.25) is 0 Å². The molecule has 0 spiro atoms. The van der Waals surface area contributed by atoms with Crippen molar-refractivity contribution in [3.05, 3.63) is 58.6 Å². The molecule has 0 aromatic heterocycles. The Hall–Kier alpha value is -2.65. The summed E-state index contributed by atoms with van der Waals surface area (Å²) in [6.45, 7) is 0. The fourth-order valence-corrected chi connectivity index (χ4v) is 1.76. The maximum atomic E-state index is 13.4. The van der Waals surface area contributed by atoms with Gasteiger partial charge in [0, 0.05) is 11.1 Å². The molecule has 2 aromatic carbocycles. The molecule has 7 heteroatoms. The summed E-state index contributed by atoms with van der Waals surface area (Å²) in [7, 11) is 0. The maximum Gasteiger partial charge on any atom is 0.323 e. The Morgan fingerprint density at radius 3 is 2.48 bits per heavy atom. The van der Waals surface area contributed by atoms with Crippen molar-refractivity contribution in [2.45, 2.75) is 0 Å². The highest BCUT2D eigenvalue weighted by Gasteiger charge is 2.10. The number of carbonyl (C=O) groups is 1. The van der Waals surface area contributed by atoms with Crippen molar-refractivity contribution in [1.29, 1.82) is 5.26 Å². The topological polar surface area (TPSA) is 64.9 Å². The minimum atomic E-state index is -0.906. The van der Waals surface area contributed by atoms with Crippen molar-refractivity contribution in [2.75, 3.05) is 10.6 Å². The van der Waals surface area contributed by atoms with Crippen LogP contribution in [0.4, 0.5) is 25.0 Å². The summed E-state index contributed by atoms with van der Waals surface area (Å²) in [5, 5.41) is 13.8. The highest BCUT2D eigenvalue weighted by Crippen LogP contribution is 2.21. The van der Waals surface area contributed by atoms with Gasteiger partial charge in [0.05, 0.1) is 16.9 Å². The highest BCUT2D eigenvalue weighted by molar-refractivity contribution is 6.31. The van der Waals surface area contributed by atoms with Crippen LogP contribution in [0.2, 0.25) is 5.02 Å². The SMILES string of the molecule is N#Cc1ccc(Cl)cc1NC(=O)Nc1ccc(F)cc1F. The molecule has 0 bridgehead atoms. The molecule has 0 heterocycles. The first-order chi connectivity index (χ1) is 9.99. The van der Waals surface area contributed by atoms with E-state index in [1.165, 1.54) is 18.2 Å². The molecular formula is C14H8ClF2N3O. The summed E-state index contributed by atoms with van der Waals surface area (Å²) in [5.41, 5.74) is 0.202. The van der Waals surface area contributed by atoms with Crippen LogP contribution < -0.4 is 10.6 Å². The average molecular weight is 308 g/mol. The van der Waals surface area contributed by atoms with Crippen molar-refractivity contribution >= 4 is 29.0 Å². The van der Waals surface area contributed by atoms with Gasteiger partial charge < -0.3 is 10.6 Å². The molecular weight excluding hydrogens is 300 g/mol. The van der Waals surface area contributed by atoms with Crippen LogP contribution in [0.5, 0.6) is 0 Å². The third kappa shape index (κ3) is 3.68. The number of nitrogens with zero attached hydrogens (tertiary/aromatic N) is 1. The molecule has 106 valence electrons. The second-order valence-corrected chi connectivity index (χ2v) is 4.44. The first kappa shape index (κ1) is 14.8. The Kier molecular flexibility index (Phi) is 4.36. The molecule has 0 aliphatic rings. The van der Waals surface area contributed by atoms with Crippen LogP contribution in [0.25, 0.3) is 0 Å². The lowest BCUT2D eigenvalue weighted by Crippen LogP contribution is -2.20. The summed E-state index contributed by atoms with van der Waals surface area (Å²) in [6, 6.07) is 8.19. The van der Waals surface area contributed by atoms with E-state index in [2.05, 4.69) is 10.6 Å². The van der Waals surface area contributed by atoms with E-state index in [0.717, 1.165) is 12.1 Å². The van der Waals surface area contributed by atoms with E-state index in [0.29, 0.717) is 11.1 Å². The summed E-state index contributed by atoms with van der Waals surface area (Å²) in [4.78, 5) is 11.8. The number of benzene rings is 2. The molecule has 0 atom stereocenters.